The third-order valence-corrected chi connectivity index (χ3v) is 1.43. The number of methoxy groups -OCH3 is 2. The highest BCUT2D eigenvalue weighted by molar-refractivity contribution is 5.92. The number of hydrogen-bond donors (Lipinski definition) is 1. The van der Waals surface area contributed by atoms with Gasteiger partial charge in [-0.25, -0.2) is 4.98 Å². The molecule has 1 rings (SSSR count). The first-order valence-corrected chi connectivity index (χ1v) is 3.94. The van der Waals surface area contributed by atoms with Gasteiger partial charge >= 0.3 is 6.01 Å². The molecule has 0 unspecified atom stereocenters. The number of nitrogens with zero attached hydrogens (tertiary/aromatic N) is 2. The van der Waals surface area contributed by atoms with Gasteiger partial charge in [0.15, 0.2) is 0 Å². The maximum Gasteiger partial charge on any atom is 0.319 e. The minimum absolute atomic E-state index is 0.163. The molecule has 0 radical (unpaired) electrons. The third-order valence-electron chi connectivity index (χ3n) is 1.43. The lowest BCUT2D eigenvalue weighted by atomic mass is 10.3. The zero-order valence-corrected chi connectivity index (χ0v) is 8.27. The largest absolute Gasteiger partial charge is 0.480 e. The van der Waals surface area contributed by atoms with Crippen molar-refractivity contribution in [1.29, 1.82) is 0 Å². The van der Waals surface area contributed by atoms with Gasteiger partial charge in [0.1, 0.15) is 5.56 Å². The second-order valence-corrected chi connectivity index (χ2v) is 2.39. The second-order valence-electron chi connectivity index (χ2n) is 2.39. The predicted molar refractivity (Wildman–Crippen MR) is 51.2 cm³/mol. The molecule has 1 aromatic heterocycles. The number of ether oxygens (including phenoxy) is 2. The second kappa shape index (κ2) is 4.81. The van der Waals surface area contributed by atoms with Crippen LogP contribution < -0.4 is 15.2 Å². The third kappa shape index (κ3) is 2.84. The summed E-state index contributed by atoms with van der Waals surface area (Å²) >= 11 is 0. The average molecular weight is 207 g/mol. The summed E-state index contributed by atoms with van der Waals surface area (Å²) in [6.07, 6.45) is 1.39. The van der Waals surface area contributed by atoms with E-state index in [1.165, 1.54) is 20.4 Å². The fourth-order valence-electron chi connectivity index (χ4n) is 0.820. The molecule has 0 aliphatic heterocycles. The van der Waals surface area contributed by atoms with Crippen molar-refractivity contribution in [2.75, 3.05) is 14.2 Å². The number of hydrogen-bond acceptors (Lipinski definition) is 5. The number of amides is 1. The van der Waals surface area contributed by atoms with E-state index in [-0.39, 0.29) is 11.9 Å². The van der Waals surface area contributed by atoms with Crippen molar-refractivity contribution in [2.45, 2.75) is 0 Å². The summed E-state index contributed by atoms with van der Waals surface area (Å²) in [4.78, 5) is 18.1. The lowest BCUT2D eigenvalue weighted by Gasteiger charge is -2.02. The number of nitrogens with two attached hydrogens (primary N) is 1. The van der Waals surface area contributed by atoms with Crippen LogP contribution in [0.15, 0.2) is 6.20 Å². The summed E-state index contributed by atoms with van der Waals surface area (Å²) in [6.45, 7) is 0. The molecule has 6 nitrogen and oxygen atoms in total. The highest BCUT2D eigenvalue weighted by atomic mass is 16.5. The minimum atomic E-state index is -0.729. The van der Waals surface area contributed by atoms with Crippen LogP contribution in [0, 0.1) is 11.8 Å². The Hall–Kier alpha value is -2.29. The quantitative estimate of drug-likeness (QED) is 0.650. The molecule has 0 saturated carbocycles. The van der Waals surface area contributed by atoms with Crippen LogP contribution in [-0.4, -0.2) is 30.1 Å². The molecular weight excluding hydrogens is 198 g/mol. The van der Waals surface area contributed by atoms with Gasteiger partial charge in [-0.15, -0.1) is 0 Å². The molecule has 0 aliphatic carbocycles. The molecule has 0 saturated heterocycles. The summed E-state index contributed by atoms with van der Waals surface area (Å²) < 4.78 is 9.73. The lowest BCUT2D eigenvalue weighted by Crippen LogP contribution is -2.06. The van der Waals surface area contributed by atoms with Crippen LogP contribution >= 0.6 is 0 Å². The number of carbonyl (C=O) groups is 1. The molecule has 1 aromatic rings. The van der Waals surface area contributed by atoms with Gasteiger partial charge in [-0.2, -0.15) is 4.98 Å². The molecule has 78 valence electrons. The van der Waals surface area contributed by atoms with E-state index < -0.39 is 5.91 Å². The van der Waals surface area contributed by atoms with Crippen LogP contribution in [0.1, 0.15) is 5.56 Å². The molecule has 0 bridgehead atoms. The number of primary amides is 1. The maximum absolute atomic E-state index is 10.4. The average Bonchev–Trinajstić information content (AvgIpc) is 2.25. The SMILES string of the molecule is COc1ncc(C#CC(N)=O)c(OC)n1. The van der Waals surface area contributed by atoms with Crippen molar-refractivity contribution in [1.82, 2.24) is 9.97 Å². The molecule has 0 aliphatic rings. The fourth-order valence-corrected chi connectivity index (χ4v) is 0.820. The topological polar surface area (TPSA) is 87.3 Å². The van der Waals surface area contributed by atoms with Crippen molar-refractivity contribution in [3.05, 3.63) is 11.8 Å². The first kappa shape index (κ1) is 10.8. The first-order valence-electron chi connectivity index (χ1n) is 3.94. The summed E-state index contributed by atoms with van der Waals surface area (Å²) in [7, 11) is 2.86. The van der Waals surface area contributed by atoms with Crippen molar-refractivity contribution in [3.63, 3.8) is 0 Å². The number of aromatic nitrogens is 2. The summed E-state index contributed by atoms with van der Waals surface area (Å²) in [5.74, 6) is 4.15. The smallest absolute Gasteiger partial charge is 0.319 e. The molecule has 6 heteroatoms. The predicted octanol–water partition coefficient (Wildman–Crippen LogP) is -0.669. The van der Waals surface area contributed by atoms with Gasteiger partial charge in [0.05, 0.1) is 20.4 Å². The Labute approximate surface area is 86.4 Å². The molecule has 0 atom stereocenters. The van der Waals surface area contributed by atoms with Gasteiger partial charge in [0.25, 0.3) is 5.91 Å². The van der Waals surface area contributed by atoms with Crippen molar-refractivity contribution >= 4 is 5.91 Å². The minimum Gasteiger partial charge on any atom is -0.480 e. The number of rotatable bonds is 2. The summed E-state index contributed by atoms with van der Waals surface area (Å²) in [5, 5.41) is 0. The summed E-state index contributed by atoms with van der Waals surface area (Å²) in [6, 6.07) is 0.163. The molecule has 1 heterocycles. The Kier molecular flexibility index (Phi) is 3.46. The Morgan fingerprint density at radius 2 is 2.20 bits per heavy atom. The van der Waals surface area contributed by atoms with Crippen LogP contribution in [0.4, 0.5) is 0 Å². The van der Waals surface area contributed by atoms with Gasteiger partial charge in [-0.3, -0.25) is 4.79 Å². The van der Waals surface area contributed by atoms with E-state index in [2.05, 4.69) is 21.8 Å². The molecule has 0 spiro atoms. The molecule has 0 aromatic carbocycles. The Balaban J connectivity index is 3.09. The van der Waals surface area contributed by atoms with E-state index in [1.54, 1.807) is 0 Å². The standard InChI is InChI=1S/C9H9N3O3/c1-14-8-6(3-4-7(10)13)5-11-9(12-8)15-2/h5H,1-2H3,(H2,10,13). The van der Waals surface area contributed by atoms with Crippen LogP contribution in [0.25, 0.3) is 0 Å². The van der Waals surface area contributed by atoms with E-state index in [1.807, 2.05) is 0 Å². The highest BCUT2D eigenvalue weighted by Crippen LogP contribution is 2.15. The molecule has 15 heavy (non-hydrogen) atoms. The van der Waals surface area contributed by atoms with Gasteiger partial charge in [-0.05, 0) is 5.92 Å². The monoisotopic (exact) mass is 207 g/mol. The molecule has 0 fully saturated rings. The number of carbonyl (C=O) groups excluding carboxylic acids is 1. The van der Waals surface area contributed by atoms with Crippen molar-refractivity contribution < 1.29 is 14.3 Å². The first-order chi connectivity index (χ1) is 7.17. The van der Waals surface area contributed by atoms with Gasteiger partial charge in [-0.1, -0.05) is 0 Å². The van der Waals surface area contributed by atoms with E-state index >= 15 is 0 Å². The summed E-state index contributed by atoms with van der Waals surface area (Å²) in [5.41, 5.74) is 5.24. The highest BCUT2D eigenvalue weighted by Gasteiger charge is 2.05. The fraction of sp³-hybridized carbons (Fsp3) is 0.222. The van der Waals surface area contributed by atoms with E-state index in [9.17, 15) is 4.79 Å². The van der Waals surface area contributed by atoms with Crippen LogP contribution in [0.3, 0.4) is 0 Å². The Morgan fingerprint density at radius 1 is 1.47 bits per heavy atom. The van der Waals surface area contributed by atoms with E-state index in [0.717, 1.165) is 0 Å². The Morgan fingerprint density at radius 3 is 2.73 bits per heavy atom. The normalized spacial score (nSPS) is 8.67. The zero-order valence-electron chi connectivity index (χ0n) is 8.27. The Bertz CT molecular complexity index is 434. The van der Waals surface area contributed by atoms with Crippen molar-refractivity contribution in [3.8, 4) is 23.7 Å². The molecule has 2 N–H and O–H groups in total. The maximum atomic E-state index is 10.4. The molecular formula is C9H9N3O3. The van der Waals surface area contributed by atoms with Crippen LogP contribution in [0.2, 0.25) is 0 Å². The van der Waals surface area contributed by atoms with Crippen LogP contribution in [0.5, 0.6) is 11.9 Å². The van der Waals surface area contributed by atoms with E-state index in [4.69, 9.17) is 15.2 Å². The van der Waals surface area contributed by atoms with Gasteiger partial charge in [0, 0.05) is 5.92 Å². The van der Waals surface area contributed by atoms with Crippen LogP contribution in [-0.2, 0) is 4.79 Å². The van der Waals surface area contributed by atoms with E-state index in [0.29, 0.717) is 5.56 Å². The van der Waals surface area contributed by atoms with Gasteiger partial charge < -0.3 is 15.2 Å². The van der Waals surface area contributed by atoms with Crippen molar-refractivity contribution in [2.24, 2.45) is 5.73 Å². The lowest BCUT2D eigenvalue weighted by molar-refractivity contribution is -0.112. The zero-order chi connectivity index (χ0) is 11.3. The van der Waals surface area contributed by atoms with Gasteiger partial charge in [0.2, 0.25) is 5.88 Å². The molecule has 1 amide bonds.